The van der Waals surface area contributed by atoms with Crippen molar-refractivity contribution >= 4 is 17.6 Å². The number of carbonyl (C=O) groups excluding carboxylic acids is 2. The Morgan fingerprint density at radius 2 is 1.92 bits per heavy atom. The second kappa shape index (κ2) is 11.6. The molecule has 0 amide bonds. The van der Waals surface area contributed by atoms with E-state index in [0.29, 0.717) is 25.4 Å². The van der Waals surface area contributed by atoms with Crippen LogP contribution in [0.2, 0.25) is 0 Å². The van der Waals surface area contributed by atoms with Gasteiger partial charge in [0.25, 0.3) is 5.69 Å². The van der Waals surface area contributed by atoms with Crippen LogP contribution in [0.4, 0.5) is 5.69 Å². The van der Waals surface area contributed by atoms with Gasteiger partial charge in [-0.2, -0.15) is 5.26 Å². The van der Waals surface area contributed by atoms with Crippen molar-refractivity contribution in [3.05, 3.63) is 92.3 Å². The summed E-state index contributed by atoms with van der Waals surface area (Å²) in [5.41, 5.74) is 1.04. The number of esters is 2. The van der Waals surface area contributed by atoms with E-state index >= 15 is 0 Å². The van der Waals surface area contributed by atoms with Gasteiger partial charge in [-0.1, -0.05) is 24.3 Å². The van der Waals surface area contributed by atoms with Gasteiger partial charge in [-0.05, 0) is 30.2 Å². The number of allylic oxidation sites excluding steroid dienone is 2. The average Bonchev–Trinajstić information content (AvgIpc) is 3.76. The van der Waals surface area contributed by atoms with E-state index in [1.807, 2.05) is 30.3 Å². The lowest BCUT2D eigenvalue weighted by Crippen LogP contribution is -2.33. The summed E-state index contributed by atoms with van der Waals surface area (Å²) in [7, 11) is 1.15. The number of benzene rings is 2. The maximum Gasteiger partial charge on any atom is 0.337 e. The third kappa shape index (κ3) is 5.99. The zero-order chi connectivity index (χ0) is 27.2. The number of carbonyl (C=O) groups is 2. The highest BCUT2D eigenvalue weighted by atomic mass is 16.6. The number of nitrogens with one attached hydrogen (secondary N) is 1. The van der Waals surface area contributed by atoms with Gasteiger partial charge in [0.1, 0.15) is 30.2 Å². The third-order valence-corrected chi connectivity index (χ3v) is 6.10. The van der Waals surface area contributed by atoms with Crippen LogP contribution in [0.1, 0.15) is 24.0 Å². The van der Waals surface area contributed by atoms with Crippen molar-refractivity contribution in [2.75, 3.05) is 26.9 Å². The molecule has 0 bridgehead atoms. The van der Waals surface area contributed by atoms with Gasteiger partial charge in [0.15, 0.2) is 0 Å². The minimum Gasteiger partial charge on any atom is -0.491 e. The van der Waals surface area contributed by atoms with Crippen molar-refractivity contribution in [1.82, 2.24) is 5.32 Å². The molecule has 1 fully saturated rings. The topological polar surface area (TPSA) is 153 Å². The maximum absolute atomic E-state index is 13.3. The van der Waals surface area contributed by atoms with Gasteiger partial charge in [-0.15, -0.1) is 0 Å². The first-order valence-corrected chi connectivity index (χ1v) is 11.8. The molecule has 0 spiro atoms. The molecule has 0 aromatic heterocycles. The van der Waals surface area contributed by atoms with Crippen molar-refractivity contribution < 1.29 is 33.5 Å². The van der Waals surface area contributed by atoms with Crippen molar-refractivity contribution in [1.29, 1.82) is 5.26 Å². The van der Waals surface area contributed by atoms with E-state index in [0.717, 1.165) is 12.7 Å². The number of dihydropyridines is 1. The molecule has 11 heteroatoms. The fourth-order valence-corrected chi connectivity index (χ4v) is 4.11. The molecule has 2 aliphatic heterocycles. The van der Waals surface area contributed by atoms with Gasteiger partial charge >= 0.3 is 11.9 Å². The third-order valence-electron chi connectivity index (χ3n) is 6.10. The summed E-state index contributed by atoms with van der Waals surface area (Å²) >= 11 is 0. The summed E-state index contributed by atoms with van der Waals surface area (Å²) in [6.45, 7) is 2.82. The molecule has 1 N–H and O–H groups in total. The number of non-ortho nitro benzene ring substituents is 1. The fraction of sp³-hybridized carbons (Fsp3) is 0.296. The number of nitro groups is 1. The molecule has 11 nitrogen and oxygen atoms in total. The Bertz CT molecular complexity index is 1350. The number of hydrogen-bond acceptors (Lipinski definition) is 10. The van der Waals surface area contributed by atoms with Crippen LogP contribution in [-0.4, -0.2) is 49.9 Å². The van der Waals surface area contributed by atoms with Crippen LogP contribution in [0.15, 0.2) is 71.1 Å². The molecule has 38 heavy (non-hydrogen) atoms. The van der Waals surface area contributed by atoms with Gasteiger partial charge in [0, 0.05) is 24.3 Å². The minimum absolute atomic E-state index is 0.0375. The summed E-state index contributed by atoms with van der Waals surface area (Å²) < 4.78 is 21.2. The lowest BCUT2D eigenvalue weighted by molar-refractivity contribution is -0.384. The summed E-state index contributed by atoms with van der Waals surface area (Å²) in [5, 5.41) is 23.8. The minimum atomic E-state index is -1.11. The van der Waals surface area contributed by atoms with Gasteiger partial charge in [0.2, 0.25) is 0 Å². The normalized spacial score (nSPS) is 18.2. The van der Waals surface area contributed by atoms with Crippen LogP contribution >= 0.6 is 0 Å². The van der Waals surface area contributed by atoms with Gasteiger partial charge in [-0.3, -0.25) is 10.1 Å². The Morgan fingerprint density at radius 1 is 1.18 bits per heavy atom. The number of nitro benzene ring substituents is 1. The molecule has 0 aliphatic carbocycles. The Hall–Kier alpha value is -4.69. The van der Waals surface area contributed by atoms with Gasteiger partial charge in [-0.25, -0.2) is 9.59 Å². The molecule has 4 rings (SSSR count). The number of nitriles is 1. The van der Waals surface area contributed by atoms with Crippen molar-refractivity contribution in [2.24, 2.45) is 0 Å². The van der Waals surface area contributed by atoms with Crippen LogP contribution in [0.25, 0.3) is 0 Å². The van der Waals surface area contributed by atoms with Crippen LogP contribution in [0.3, 0.4) is 0 Å². The fourth-order valence-electron chi connectivity index (χ4n) is 4.11. The lowest BCUT2D eigenvalue weighted by atomic mass is 9.80. The van der Waals surface area contributed by atoms with Crippen LogP contribution in [0.5, 0.6) is 5.75 Å². The molecule has 2 atom stereocenters. The van der Waals surface area contributed by atoms with E-state index in [2.05, 4.69) is 5.32 Å². The number of rotatable bonds is 10. The highest BCUT2D eigenvalue weighted by Crippen LogP contribution is 2.40. The largest absolute Gasteiger partial charge is 0.491 e. The molecular formula is C27H25N3O8. The zero-order valence-electron chi connectivity index (χ0n) is 20.8. The van der Waals surface area contributed by atoms with E-state index in [9.17, 15) is 25.0 Å². The van der Waals surface area contributed by atoms with Gasteiger partial charge in [0.05, 0.1) is 42.3 Å². The summed E-state index contributed by atoms with van der Waals surface area (Å²) in [6, 6.07) is 14.8. The first kappa shape index (κ1) is 26.4. The monoisotopic (exact) mass is 519 g/mol. The molecule has 0 radical (unpaired) electrons. The second-order valence-electron chi connectivity index (χ2n) is 8.64. The van der Waals surface area contributed by atoms with Crippen molar-refractivity contribution in [3.63, 3.8) is 0 Å². The summed E-state index contributed by atoms with van der Waals surface area (Å²) in [5.74, 6) is -1.98. The Balaban J connectivity index is 1.54. The number of nitrogens with zero attached hydrogens (tertiary/aromatic N) is 2. The number of hydrogen-bond donors (Lipinski definition) is 1. The Labute approximate surface area is 218 Å². The van der Waals surface area contributed by atoms with Crippen LogP contribution in [-0.2, 0) is 30.2 Å². The Kier molecular flexibility index (Phi) is 8.03. The highest BCUT2D eigenvalue weighted by Gasteiger charge is 2.39. The predicted octanol–water partition coefficient (Wildman–Crippen LogP) is 3.07. The summed E-state index contributed by atoms with van der Waals surface area (Å²) in [4.78, 5) is 36.9. The molecule has 196 valence electrons. The molecule has 2 unspecified atom stereocenters. The molecule has 2 aliphatic rings. The van der Waals surface area contributed by atoms with E-state index in [1.165, 1.54) is 18.2 Å². The summed E-state index contributed by atoms with van der Waals surface area (Å²) in [6.07, 6.45) is 0.577. The molecule has 1 saturated heterocycles. The SMILES string of the molecule is COC(=O)C1=C(C#N)NC(C)=C(C(=O)OCCc2ccc(OCC3CO3)cc2)C1c1cccc([N+](=O)[O-])c1. The first-order chi connectivity index (χ1) is 18.3. The highest BCUT2D eigenvalue weighted by molar-refractivity contribution is 6.00. The molecular weight excluding hydrogens is 494 g/mol. The van der Waals surface area contributed by atoms with E-state index < -0.39 is 22.8 Å². The lowest BCUT2D eigenvalue weighted by Gasteiger charge is -2.29. The molecule has 2 aromatic carbocycles. The molecule has 2 heterocycles. The average molecular weight is 520 g/mol. The molecule has 0 saturated carbocycles. The van der Waals surface area contributed by atoms with E-state index in [1.54, 1.807) is 13.0 Å². The molecule has 2 aromatic rings. The first-order valence-electron chi connectivity index (χ1n) is 11.8. The van der Waals surface area contributed by atoms with Gasteiger partial charge < -0.3 is 24.3 Å². The second-order valence-corrected chi connectivity index (χ2v) is 8.64. The van der Waals surface area contributed by atoms with Crippen LogP contribution in [0, 0.1) is 21.4 Å². The maximum atomic E-state index is 13.3. The van der Waals surface area contributed by atoms with E-state index in [-0.39, 0.29) is 46.5 Å². The van der Waals surface area contributed by atoms with Crippen LogP contribution < -0.4 is 10.1 Å². The van der Waals surface area contributed by atoms with Crippen molar-refractivity contribution in [3.8, 4) is 11.8 Å². The number of epoxide rings is 1. The quantitative estimate of drug-likeness (QED) is 0.214. The number of ether oxygens (including phenoxy) is 4. The van der Waals surface area contributed by atoms with Crippen molar-refractivity contribution in [2.45, 2.75) is 25.4 Å². The smallest absolute Gasteiger partial charge is 0.337 e. The standard InChI is InChI=1S/C27H25N3O8/c1-16-23(27(32)36-11-10-17-6-8-20(9-7-17)37-14-21-15-38-21)24(18-4-3-5-19(12-18)30(33)34)25(26(31)35-2)22(13-28)29-16/h3-9,12,21,24,29H,10-11,14-15H2,1-2H3. The number of methoxy groups -OCH3 is 1. The Morgan fingerprint density at radius 3 is 2.55 bits per heavy atom. The van der Waals surface area contributed by atoms with E-state index in [4.69, 9.17) is 18.9 Å². The zero-order valence-corrected chi connectivity index (χ0v) is 20.8. The predicted molar refractivity (Wildman–Crippen MR) is 133 cm³/mol.